The molecule has 0 aromatic heterocycles. The second kappa shape index (κ2) is 4.23. The molecule has 112 valence electrons. The summed E-state index contributed by atoms with van der Waals surface area (Å²) in [6, 6.07) is 4.39. The van der Waals surface area contributed by atoms with Gasteiger partial charge in [-0.05, 0) is 13.0 Å². The van der Waals surface area contributed by atoms with Gasteiger partial charge in [-0.15, -0.1) is 0 Å². The number of ether oxygens (including phenoxy) is 1. The summed E-state index contributed by atoms with van der Waals surface area (Å²) in [5, 5.41) is 11.0. The third-order valence-electron chi connectivity index (χ3n) is 4.56. The van der Waals surface area contributed by atoms with Crippen LogP contribution >= 0.6 is 0 Å². The Labute approximate surface area is 125 Å². The third kappa shape index (κ3) is 1.54. The van der Waals surface area contributed by atoms with E-state index in [1.165, 1.54) is 6.07 Å². The number of rotatable bonds is 2. The predicted octanol–water partition coefficient (Wildman–Crippen LogP) is 1.35. The molecule has 0 radical (unpaired) electrons. The van der Waals surface area contributed by atoms with Gasteiger partial charge in [0.1, 0.15) is 0 Å². The van der Waals surface area contributed by atoms with E-state index in [2.05, 4.69) is 0 Å². The Morgan fingerprint density at radius 2 is 1.73 bits per heavy atom. The molecule has 3 heterocycles. The molecule has 3 aliphatic heterocycles. The summed E-state index contributed by atoms with van der Waals surface area (Å²) in [7, 11) is 0. The van der Waals surface area contributed by atoms with E-state index in [9.17, 15) is 19.7 Å². The highest BCUT2D eigenvalue weighted by Crippen LogP contribution is 2.46. The van der Waals surface area contributed by atoms with Gasteiger partial charge in [0, 0.05) is 11.6 Å². The lowest BCUT2D eigenvalue weighted by atomic mass is 9.85. The van der Waals surface area contributed by atoms with Gasteiger partial charge in [-0.25, -0.2) is 4.90 Å². The topological polar surface area (TPSA) is 89.8 Å². The Kier molecular flexibility index (Phi) is 2.53. The number of anilines is 1. The van der Waals surface area contributed by atoms with Crippen molar-refractivity contribution in [1.82, 2.24) is 0 Å². The molecule has 0 unspecified atom stereocenters. The molecular weight excluding hydrogens is 288 g/mol. The van der Waals surface area contributed by atoms with Gasteiger partial charge in [0.25, 0.3) is 5.69 Å². The summed E-state index contributed by atoms with van der Waals surface area (Å²) in [6.07, 6.45) is 2.88. The monoisotopic (exact) mass is 300 g/mol. The zero-order valence-corrected chi connectivity index (χ0v) is 11.6. The predicted molar refractivity (Wildman–Crippen MR) is 75.1 cm³/mol. The summed E-state index contributed by atoms with van der Waals surface area (Å²) in [5.41, 5.74) is 0.631. The van der Waals surface area contributed by atoms with Gasteiger partial charge in [0.15, 0.2) is 0 Å². The van der Waals surface area contributed by atoms with E-state index in [1.54, 1.807) is 31.2 Å². The lowest BCUT2D eigenvalue weighted by Gasteiger charge is -2.17. The number of nitro groups is 1. The Morgan fingerprint density at radius 1 is 1.14 bits per heavy atom. The number of fused-ring (bicyclic) bond motifs is 5. The molecule has 2 saturated heterocycles. The minimum atomic E-state index is -0.515. The molecule has 7 nitrogen and oxygen atoms in total. The van der Waals surface area contributed by atoms with E-state index in [4.69, 9.17) is 4.74 Å². The summed E-state index contributed by atoms with van der Waals surface area (Å²) in [4.78, 5) is 36.8. The maximum atomic E-state index is 12.6. The van der Waals surface area contributed by atoms with Crippen molar-refractivity contribution in [2.45, 2.75) is 19.1 Å². The number of hydrogen-bond acceptors (Lipinski definition) is 5. The second-order valence-electron chi connectivity index (χ2n) is 5.74. The SMILES string of the molecule is Cc1ccc(N2C(=O)[C@@H]3[C@H](C2=O)[C@H]2C=C[C@@H]3O2)cc1[N+](=O)[O-]. The van der Waals surface area contributed by atoms with E-state index >= 15 is 0 Å². The number of benzene rings is 1. The number of nitro benzene ring substituents is 1. The van der Waals surface area contributed by atoms with Crippen molar-refractivity contribution in [3.8, 4) is 0 Å². The molecule has 0 aliphatic carbocycles. The Morgan fingerprint density at radius 3 is 2.27 bits per heavy atom. The highest BCUT2D eigenvalue weighted by molar-refractivity contribution is 6.23. The van der Waals surface area contributed by atoms with Crippen molar-refractivity contribution in [2.75, 3.05) is 4.90 Å². The van der Waals surface area contributed by atoms with Gasteiger partial charge in [0.2, 0.25) is 11.8 Å². The van der Waals surface area contributed by atoms with Gasteiger partial charge < -0.3 is 4.74 Å². The zero-order chi connectivity index (χ0) is 15.6. The van der Waals surface area contributed by atoms with Crippen LogP contribution in [0.1, 0.15) is 5.56 Å². The fraction of sp³-hybridized carbons (Fsp3) is 0.333. The van der Waals surface area contributed by atoms with E-state index < -0.39 is 16.8 Å². The smallest absolute Gasteiger partial charge is 0.274 e. The molecule has 1 aromatic carbocycles. The largest absolute Gasteiger partial charge is 0.365 e. The zero-order valence-electron chi connectivity index (χ0n) is 11.6. The number of aryl methyl sites for hydroxylation is 1. The fourth-order valence-corrected chi connectivity index (χ4v) is 3.49. The first-order chi connectivity index (χ1) is 10.5. The molecule has 1 aromatic rings. The van der Waals surface area contributed by atoms with Gasteiger partial charge in [-0.3, -0.25) is 19.7 Å². The van der Waals surface area contributed by atoms with E-state index in [0.29, 0.717) is 5.56 Å². The van der Waals surface area contributed by atoms with Crippen LogP contribution in [0.4, 0.5) is 11.4 Å². The number of carbonyl (C=O) groups is 2. The highest BCUT2D eigenvalue weighted by Gasteiger charge is 2.61. The summed E-state index contributed by atoms with van der Waals surface area (Å²) in [6.45, 7) is 1.61. The van der Waals surface area contributed by atoms with Crippen molar-refractivity contribution in [3.05, 3.63) is 46.0 Å². The summed E-state index contributed by atoms with van der Waals surface area (Å²) >= 11 is 0. The highest BCUT2D eigenvalue weighted by atomic mass is 16.6. The molecule has 3 aliphatic rings. The molecule has 2 bridgehead atoms. The molecule has 0 spiro atoms. The van der Waals surface area contributed by atoms with Crippen molar-refractivity contribution in [3.63, 3.8) is 0 Å². The van der Waals surface area contributed by atoms with Crippen LogP contribution in [-0.2, 0) is 14.3 Å². The molecule has 0 N–H and O–H groups in total. The van der Waals surface area contributed by atoms with E-state index in [0.717, 1.165) is 4.90 Å². The molecular formula is C15H12N2O5. The van der Waals surface area contributed by atoms with Gasteiger partial charge >= 0.3 is 0 Å². The lowest BCUT2D eigenvalue weighted by Crippen LogP contribution is -2.34. The minimum Gasteiger partial charge on any atom is -0.365 e. The maximum absolute atomic E-state index is 12.6. The molecule has 0 saturated carbocycles. The van der Waals surface area contributed by atoms with Crippen LogP contribution in [0, 0.1) is 28.9 Å². The van der Waals surface area contributed by atoms with Gasteiger partial charge in [0.05, 0.1) is 34.7 Å². The molecule has 22 heavy (non-hydrogen) atoms. The van der Waals surface area contributed by atoms with Crippen LogP contribution in [-0.4, -0.2) is 28.9 Å². The van der Waals surface area contributed by atoms with Crippen LogP contribution in [0.25, 0.3) is 0 Å². The van der Waals surface area contributed by atoms with E-state index in [1.807, 2.05) is 0 Å². The third-order valence-corrected chi connectivity index (χ3v) is 4.56. The first-order valence-electron chi connectivity index (χ1n) is 6.95. The number of carbonyl (C=O) groups excluding carboxylic acids is 2. The standard InChI is InChI=1S/C15H12N2O5/c1-7-2-3-8(6-9(7)17(20)21)16-14(18)12-10-4-5-11(22-10)13(12)15(16)19/h2-6,10-13H,1H3/t10-,11+,12-,13+. The van der Waals surface area contributed by atoms with Crippen LogP contribution in [0.3, 0.4) is 0 Å². The Hall–Kier alpha value is -2.54. The van der Waals surface area contributed by atoms with Crippen LogP contribution in [0.15, 0.2) is 30.4 Å². The molecule has 4 atom stereocenters. The number of hydrogen-bond donors (Lipinski definition) is 0. The second-order valence-corrected chi connectivity index (χ2v) is 5.74. The fourth-order valence-electron chi connectivity index (χ4n) is 3.49. The van der Waals surface area contributed by atoms with Crippen molar-refractivity contribution in [1.29, 1.82) is 0 Å². The van der Waals surface area contributed by atoms with Crippen molar-refractivity contribution < 1.29 is 19.2 Å². The summed E-state index contributed by atoms with van der Waals surface area (Å²) in [5.74, 6) is -1.71. The molecule has 7 heteroatoms. The summed E-state index contributed by atoms with van der Waals surface area (Å²) < 4.78 is 5.56. The first kappa shape index (κ1) is 13.1. The van der Waals surface area contributed by atoms with Crippen molar-refractivity contribution >= 4 is 23.2 Å². The quantitative estimate of drug-likeness (QED) is 0.356. The normalized spacial score (nSPS) is 32.0. The number of imide groups is 1. The Balaban J connectivity index is 1.76. The average molecular weight is 300 g/mol. The van der Waals surface area contributed by atoms with E-state index in [-0.39, 0.29) is 35.4 Å². The van der Waals surface area contributed by atoms with Gasteiger partial charge in [-0.2, -0.15) is 0 Å². The molecule has 2 amide bonds. The average Bonchev–Trinajstić information content (AvgIpc) is 3.14. The van der Waals surface area contributed by atoms with Crippen LogP contribution in [0.5, 0.6) is 0 Å². The maximum Gasteiger partial charge on any atom is 0.274 e. The minimum absolute atomic E-state index is 0.104. The van der Waals surface area contributed by atoms with Crippen LogP contribution in [0.2, 0.25) is 0 Å². The number of amides is 2. The molecule has 4 rings (SSSR count). The number of nitrogens with zero attached hydrogens (tertiary/aromatic N) is 2. The van der Waals surface area contributed by atoms with Crippen LogP contribution < -0.4 is 4.90 Å². The van der Waals surface area contributed by atoms with Gasteiger partial charge in [-0.1, -0.05) is 18.2 Å². The van der Waals surface area contributed by atoms with Crippen molar-refractivity contribution in [2.24, 2.45) is 11.8 Å². The first-order valence-corrected chi connectivity index (χ1v) is 6.95. The molecule has 2 fully saturated rings. The Bertz CT molecular complexity index is 726. The lowest BCUT2D eigenvalue weighted by molar-refractivity contribution is -0.385.